The second-order valence-electron chi connectivity index (χ2n) is 20.1. The van der Waals surface area contributed by atoms with Crippen molar-refractivity contribution in [3.8, 4) is 0 Å². The van der Waals surface area contributed by atoms with Crippen molar-refractivity contribution < 1.29 is 42.6 Å². The molecule has 4 aromatic rings. The Morgan fingerprint density at radius 2 is 1.61 bits per heavy atom. The second-order valence-corrected chi connectivity index (χ2v) is 20.1. The van der Waals surface area contributed by atoms with Crippen molar-refractivity contribution >= 4 is 45.9 Å². The molecule has 4 saturated heterocycles. The van der Waals surface area contributed by atoms with E-state index in [4.69, 9.17) is 5.10 Å². The average Bonchev–Trinajstić information content (AvgIpc) is 3.80. The molecule has 15 nitrogen and oxygen atoms in total. The molecule has 2 aromatic heterocycles. The zero-order valence-electron chi connectivity index (χ0n) is 37.8. The van der Waals surface area contributed by atoms with Gasteiger partial charge in [0.25, 0.3) is 11.8 Å². The molecule has 7 heterocycles. The van der Waals surface area contributed by atoms with Crippen molar-refractivity contribution in [2.75, 3.05) is 56.0 Å². The third kappa shape index (κ3) is 8.91. The predicted octanol–water partition coefficient (Wildman–Crippen LogP) is 5.98. The van der Waals surface area contributed by atoms with E-state index in [9.17, 15) is 42.6 Å². The van der Waals surface area contributed by atoms with Crippen molar-refractivity contribution in [2.24, 2.45) is 5.41 Å². The number of hydrogen-bond donors (Lipinski definition) is 4. The van der Waals surface area contributed by atoms with Crippen molar-refractivity contribution in [2.45, 2.75) is 115 Å². The van der Waals surface area contributed by atoms with Crippen LogP contribution in [0.2, 0.25) is 0 Å². The number of fused-ring (bicyclic) bond motifs is 2. The normalized spacial score (nSPS) is 22.6. The number of carbonyl (C=O) groups is 4. The molecule has 18 heteroatoms. The maximum Gasteiger partial charge on any atom is 0.433 e. The lowest BCUT2D eigenvalue weighted by Gasteiger charge is -2.52. The zero-order valence-corrected chi connectivity index (χ0v) is 37.8. The highest BCUT2D eigenvalue weighted by molar-refractivity contribution is 6.06. The molecule has 0 aliphatic carbocycles. The number of imide groups is 1. The summed E-state index contributed by atoms with van der Waals surface area (Å²) in [6.07, 6.45) is 2.44. The molecule has 4 amide bonds. The van der Waals surface area contributed by atoms with Gasteiger partial charge in [0.2, 0.25) is 11.8 Å². The second kappa shape index (κ2) is 17.0. The molecule has 9 rings (SSSR count). The third-order valence-electron chi connectivity index (χ3n) is 14.8. The molecule has 1 spiro atoms. The van der Waals surface area contributed by atoms with Gasteiger partial charge in [-0.3, -0.25) is 39.0 Å². The van der Waals surface area contributed by atoms with Crippen LogP contribution in [0.25, 0.3) is 10.9 Å². The van der Waals surface area contributed by atoms with Crippen LogP contribution in [0.4, 0.5) is 24.5 Å². The number of anilines is 2. The van der Waals surface area contributed by atoms with E-state index in [1.54, 1.807) is 32.0 Å². The number of aliphatic hydroxyl groups is 2. The number of piperidine rings is 4. The number of nitrogens with zero attached hydrogens (tertiary/aromatic N) is 7. The summed E-state index contributed by atoms with van der Waals surface area (Å²) in [5.74, 6) is -2.14. The Kier molecular flexibility index (Phi) is 11.8. The summed E-state index contributed by atoms with van der Waals surface area (Å²) in [7, 11) is 0. The van der Waals surface area contributed by atoms with Crippen LogP contribution >= 0.6 is 0 Å². The Bertz CT molecular complexity index is 2550. The maximum atomic E-state index is 13.5. The van der Waals surface area contributed by atoms with E-state index in [2.05, 4.69) is 44.2 Å². The minimum absolute atomic E-state index is 0.0311. The van der Waals surface area contributed by atoms with Crippen LogP contribution in [-0.2, 0) is 21.4 Å². The fourth-order valence-electron chi connectivity index (χ4n) is 10.9. The highest BCUT2D eigenvalue weighted by atomic mass is 19.4. The monoisotopic (exact) mass is 913 g/mol. The molecule has 2 unspecified atom stereocenters. The smallest absolute Gasteiger partial charge is 0.386 e. The number of alkyl halides is 3. The van der Waals surface area contributed by atoms with E-state index < -0.39 is 47.5 Å². The molecule has 4 fully saturated rings. The first-order valence-electron chi connectivity index (χ1n) is 23.0. The number of benzene rings is 2. The van der Waals surface area contributed by atoms with Gasteiger partial charge in [-0.05, 0) is 128 Å². The van der Waals surface area contributed by atoms with Crippen molar-refractivity contribution in [3.63, 3.8) is 0 Å². The number of amides is 4. The van der Waals surface area contributed by atoms with Crippen molar-refractivity contribution in [1.29, 1.82) is 0 Å². The molecule has 2 atom stereocenters. The lowest BCUT2D eigenvalue weighted by molar-refractivity contribution is -0.141. The van der Waals surface area contributed by atoms with Crippen molar-refractivity contribution in [3.05, 3.63) is 82.8 Å². The number of rotatable bonds is 9. The first kappa shape index (κ1) is 45.7. The van der Waals surface area contributed by atoms with Gasteiger partial charge in [-0.2, -0.15) is 18.3 Å². The number of likely N-dealkylation sites (tertiary alicyclic amines) is 2. The molecule has 352 valence electrons. The number of hydrogen-bond acceptors (Lipinski definition) is 11. The standard InChI is InChI=1S/C48H58F3N9O6/c1-45(2,58-22-16-47(17-23-58)14-20-57(21-15-47)31-8-9-32-33(25-31)44(65)60(43(32)64)38-10-11-40(61)54-42(38)63)28-56-18-12-30(13-19-56)59-27-29-24-37(34(46(3,4)66)26-36(29)55-59)53-41(62)35-6-5-7-39(52-35)48(49,50)51/h5-9,24-27,30,38,43,64,66H,10-23,28H2,1-4H3,(H,53,62)(H,54,61,63). The number of carbonyl (C=O) groups excluding carboxylic acids is 4. The van der Waals surface area contributed by atoms with Crippen LogP contribution in [0.1, 0.15) is 129 Å². The summed E-state index contributed by atoms with van der Waals surface area (Å²) in [5.41, 5.74) is 0.397. The summed E-state index contributed by atoms with van der Waals surface area (Å²) in [6, 6.07) is 11.4. The van der Waals surface area contributed by atoms with Gasteiger partial charge in [-0.1, -0.05) is 12.1 Å². The number of pyridine rings is 1. The SMILES string of the molecule is CC(C)(O)c1cc2nn(C3CCN(CC(C)(C)N4CCC5(CCN(c6ccc7c(c6)C(=O)N(C6CCC(=O)NC6=O)C7O)CC5)CC4)CC3)cc2cc1NC(=O)c1cccc(C(F)(F)F)n1. The van der Waals surface area contributed by atoms with Crippen LogP contribution in [0.15, 0.2) is 54.7 Å². The fourth-order valence-corrected chi connectivity index (χ4v) is 10.9. The van der Waals surface area contributed by atoms with Crippen LogP contribution in [0, 0.1) is 5.41 Å². The molecule has 0 saturated carbocycles. The predicted molar refractivity (Wildman–Crippen MR) is 239 cm³/mol. The molecule has 66 heavy (non-hydrogen) atoms. The summed E-state index contributed by atoms with van der Waals surface area (Å²) in [4.78, 5) is 63.1. The Balaban J connectivity index is 0.771. The number of aromatic nitrogens is 3. The van der Waals surface area contributed by atoms with Gasteiger partial charge in [-0.25, -0.2) is 4.98 Å². The van der Waals surface area contributed by atoms with Crippen LogP contribution in [-0.4, -0.2) is 121 Å². The summed E-state index contributed by atoms with van der Waals surface area (Å²) in [6.45, 7) is 14.4. The van der Waals surface area contributed by atoms with Crippen LogP contribution in [0.3, 0.4) is 0 Å². The molecule has 5 aliphatic rings. The molecule has 0 bridgehead atoms. The van der Waals surface area contributed by atoms with E-state index in [-0.39, 0.29) is 47.1 Å². The Morgan fingerprint density at radius 3 is 2.27 bits per heavy atom. The minimum atomic E-state index is -4.70. The largest absolute Gasteiger partial charge is 0.433 e. The van der Waals surface area contributed by atoms with Gasteiger partial charge in [0, 0.05) is 84.3 Å². The minimum Gasteiger partial charge on any atom is -0.386 e. The topological polar surface area (TPSA) is 176 Å². The van der Waals surface area contributed by atoms with E-state index in [0.29, 0.717) is 22.2 Å². The summed E-state index contributed by atoms with van der Waals surface area (Å²) >= 11 is 0. The molecule has 4 N–H and O–H groups in total. The highest BCUT2D eigenvalue weighted by Crippen LogP contribution is 2.45. The Morgan fingerprint density at radius 1 is 0.909 bits per heavy atom. The molecule has 0 radical (unpaired) electrons. The lowest BCUT2D eigenvalue weighted by Crippen LogP contribution is -2.57. The quantitative estimate of drug-likeness (QED) is 0.146. The molecule has 5 aliphatic heterocycles. The van der Waals surface area contributed by atoms with Gasteiger partial charge in [0.05, 0.1) is 17.2 Å². The summed E-state index contributed by atoms with van der Waals surface area (Å²) in [5, 5.41) is 32.7. The average molecular weight is 914 g/mol. The number of halogens is 3. The third-order valence-corrected chi connectivity index (χ3v) is 14.8. The highest BCUT2D eigenvalue weighted by Gasteiger charge is 2.46. The van der Waals surface area contributed by atoms with Gasteiger partial charge in [-0.15, -0.1) is 0 Å². The lowest BCUT2D eigenvalue weighted by atomic mass is 9.70. The first-order valence-corrected chi connectivity index (χ1v) is 23.0. The zero-order chi connectivity index (χ0) is 46.9. The van der Waals surface area contributed by atoms with Crippen LogP contribution < -0.4 is 15.5 Å². The molecule has 2 aromatic carbocycles. The molecular formula is C48H58F3N9O6. The van der Waals surface area contributed by atoms with E-state index in [1.807, 2.05) is 23.0 Å². The van der Waals surface area contributed by atoms with Gasteiger partial charge in [0.1, 0.15) is 17.4 Å². The summed E-state index contributed by atoms with van der Waals surface area (Å²) < 4.78 is 41.9. The van der Waals surface area contributed by atoms with Gasteiger partial charge in [0.15, 0.2) is 6.23 Å². The maximum absolute atomic E-state index is 13.5. The van der Waals surface area contributed by atoms with Crippen molar-refractivity contribution in [1.82, 2.24) is 34.8 Å². The van der Waals surface area contributed by atoms with E-state index >= 15 is 0 Å². The van der Waals surface area contributed by atoms with Gasteiger partial charge < -0.3 is 25.3 Å². The number of aliphatic hydroxyl groups excluding tert-OH is 1. The number of nitrogens with one attached hydrogen (secondary N) is 2. The van der Waals surface area contributed by atoms with Gasteiger partial charge >= 0.3 is 6.18 Å². The Hall–Kier alpha value is -5.43. The van der Waals surface area contributed by atoms with E-state index in [1.165, 1.54) is 11.0 Å². The van der Waals surface area contributed by atoms with E-state index in [0.717, 1.165) is 108 Å². The Labute approximate surface area is 381 Å². The fraction of sp³-hybridized carbons (Fsp3) is 0.542. The van der Waals surface area contributed by atoms with Crippen LogP contribution in [0.5, 0.6) is 0 Å². The first-order chi connectivity index (χ1) is 31.2. The molecular weight excluding hydrogens is 856 g/mol.